The molecule has 3 N–H and O–H groups in total. The number of likely N-dealkylation sites (N-methyl/N-ethyl adjacent to an activating group) is 1. The molecule has 1 aliphatic rings. The Hall–Kier alpha value is -2.12. The number of anilines is 2. The van der Waals surface area contributed by atoms with Gasteiger partial charge in [0.2, 0.25) is 0 Å². The Morgan fingerprint density at radius 1 is 1.19 bits per heavy atom. The lowest BCUT2D eigenvalue weighted by Gasteiger charge is -2.29. The minimum atomic E-state index is -0.338. The van der Waals surface area contributed by atoms with Crippen molar-refractivity contribution in [3.63, 3.8) is 0 Å². The summed E-state index contributed by atoms with van der Waals surface area (Å²) in [6.07, 6.45) is 0. The molecule has 7 nitrogen and oxygen atoms in total. The lowest BCUT2D eigenvalue weighted by atomic mass is 10.1. The van der Waals surface area contributed by atoms with Gasteiger partial charge in [0.1, 0.15) is 0 Å². The Labute approximate surface area is 162 Å². The van der Waals surface area contributed by atoms with Crippen molar-refractivity contribution in [2.45, 2.75) is 39.3 Å². The average Bonchev–Trinajstić information content (AvgIpc) is 2.60. The number of morpholine rings is 1. The van der Waals surface area contributed by atoms with Gasteiger partial charge in [-0.25, -0.2) is 0 Å². The van der Waals surface area contributed by atoms with Gasteiger partial charge in [0.15, 0.2) is 12.6 Å². The van der Waals surface area contributed by atoms with Crippen molar-refractivity contribution < 1.29 is 19.2 Å². The number of benzene rings is 1. The highest BCUT2D eigenvalue weighted by Crippen LogP contribution is 2.19. The number of carbonyl (C=O) groups is 2. The number of hydrogen-bond acceptors (Lipinski definition) is 4. The molecule has 150 valence electrons. The van der Waals surface area contributed by atoms with Crippen LogP contribution < -0.4 is 20.4 Å². The second-order valence-electron chi connectivity index (χ2n) is 8.18. The lowest BCUT2D eigenvalue weighted by molar-refractivity contribution is -0.885. The average molecular weight is 378 g/mol. The van der Waals surface area contributed by atoms with Gasteiger partial charge in [0, 0.05) is 30.0 Å². The van der Waals surface area contributed by atoms with Crippen molar-refractivity contribution >= 4 is 23.2 Å². The quantitative estimate of drug-likeness (QED) is 0.666. The van der Waals surface area contributed by atoms with Crippen LogP contribution in [0.4, 0.5) is 11.4 Å². The van der Waals surface area contributed by atoms with E-state index < -0.39 is 0 Å². The van der Waals surface area contributed by atoms with E-state index in [1.54, 1.807) is 0 Å². The summed E-state index contributed by atoms with van der Waals surface area (Å²) in [7, 11) is 1.86. The molecule has 1 unspecified atom stereocenters. The van der Waals surface area contributed by atoms with Crippen LogP contribution >= 0.6 is 0 Å². The summed E-state index contributed by atoms with van der Waals surface area (Å²) in [5, 5.41) is 5.87. The topological polar surface area (TPSA) is 75.1 Å². The molecule has 7 heteroatoms. The van der Waals surface area contributed by atoms with E-state index in [9.17, 15) is 9.59 Å². The van der Waals surface area contributed by atoms with E-state index in [4.69, 9.17) is 4.74 Å². The van der Waals surface area contributed by atoms with Crippen molar-refractivity contribution in [3.8, 4) is 0 Å². The molecule has 0 radical (unpaired) electrons. The maximum absolute atomic E-state index is 12.5. The van der Waals surface area contributed by atoms with E-state index >= 15 is 0 Å². The first-order valence-corrected chi connectivity index (χ1v) is 9.52. The fraction of sp³-hybridized carbons (Fsp3) is 0.600. The standard InChI is InChI=1S/C20H32N4O3/c1-15(23(5)14-18(25)22-20(2,3)4)19(26)21-16-6-8-17(9-7-16)24-10-12-27-13-11-24/h6-9,15H,10-14H2,1-5H3,(H,21,26)(H,22,25)/p+1/t15-/m1/s1. The fourth-order valence-corrected chi connectivity index (χ4v) is 2.92. The number of amides is 2. The maximum atomic E-state index is 12.5. The summed E-state index contributed by atoms with van der Waals surface area (Å²) in [5.41, 5.74) is 1.62. The third-order valence-corrected chi connectivity index (χ3v) is 4.60. The van der Waals surface area contributed by atoms with Crippen LogP contribution in [-0.4, -0.2) is 63.3 Å². The summed E-state index contributed by atoms with van der Waals surface area (Å²) < 4.78 is 5.37. The molecule has 1 saturated heterocycles. The molecule has 1 aliphatic heterocycles. The lowest BCUT2D eigenvalue weighted by Crippen LogP contribution is -3.15. The summed E-state index contributed by atoms with van der Waals surface area (Å²) in [6.45, 7) is 11.2. The Bertz CT molecular complexity index is 634. The largest absolute Gasteiger partial charge is 0.378 e. The number of hydrogen-bond donors (Lipinski definition) is 3. The van der Waals surface area contributed by atoms with Crippen LogP contribution in [0.15, 0.2) is 24.3 Å². The molecule has 27 heavy (non-hydrogen) atoms. The first kappa shape index (κ1) is 21.2. The van der Waals surface area contributed by atoms with E-state index in [1.165, 1.54) is 0 Å². The molecular weight excluding hydrogens is 344 g/mol. The van der Waals surface area contributed by atoms with E-state index in [-0.39, 0.29) is 29.9 Å². The third kappa shape index (κ3) is 6.84. The zero-order chi connectivity index (χ0) is 20.0. The van der Waals surface area contributed by atoms with Crippen molar-refractivity contribution in [1.29, 1.82) is 0 Å². The van der Waals surface area contributed by atoms with Gasteiger partial charge in [-0.3, -0.25) is 9.59 Å². The molecule has 2 amide bonds. The Morgan fingerprint density at radius 2 is 1.78 bits per heavy atom. The van der Waals surface area contributed by atoms with E-state index in [0.717, 1.165) is 42.6 Å². The minimum Gasteiger partial charge on any atom is -0.378 e. The van der Waals surface area contributed by atoms with Crippen molar-refractivity contribution in [2.75, 3.05) is 50.1 Å². The molecule has 0 saturated carbocycles. The number of nitrogens with zero attached hydrogens (tertiary/aromatic N) is 1. The first-order chi connectivity index (χ1) is 12.7. The summed E-state index contributed by atoms with van der Waals surface area (Å²) in [4.78, 5) is 27.7. The Morgan fingerprint density at radius 3 is 2.33 bits per heavy atom. The first-order valence-electron chi connectivity index (χ1n) is 9.52. The smallest absolute Gasteiger partial charge is 0.282 e. The van der Waals surface area contributed by atoms with Gasteiger partial charge in [0.25, 0.3) is 11.8 Å². The van der Waals surface area contributed by atoms with Gasteiger partial charge >= 0.3 is 0 Å². The van der Waals surface area contributed by atoms with Crippen LogP contribution in [0.2, 0.25) is 0 Å². The third-order valence-electron chi connectivity index (χ3n) is 4.60. The Balaban J connectivity index is 1.86. The van der Waals surface area contributed by atoms with E-state index in [2.05, 4.69) is 15.5 Å². The molecule has 0 aromatic heterocycles. The maximum Gasteiger partial charge on any atom is 0.282 e. The highest BCUT2D eigenvalue weighted by atomic mass is 16.5. The van der Waals surface area contributed by atoms with Crippen LogP contribution in [0.25, 0.3) is 0 Å². The summed E-state index contributed by atoms with van der Waals surface area (Å²) in [6, 6.07) is 7.51. The molecule has 1 aromatic rings. The number of rotatable bonds is 6. The number of ether oxygens (including phenoxy) is 1. The second kappa shape index (κ2) is 9.19. The predicted octanol–water partition coefficient (Wildman–Crippen LogP) is 0.280. The van der Waals surface area contributed by atoms with Crippen molar-refractivity contribution in [2.24, 2.45) is 0 Å². The van der Waals surface area contributed by atoms with E-state index in [0.29, 0.717) is 0 Å². The highest BCUT2D eigenvalue weighted by molar-refractivity contribution is 5.94. The number of carbonyl (C=O) groups excluding carboxylic acids is 2. The van der Waals surface area contributed by atoms with Gasteiger partial charge in [-0.15, -0.1) is 0 Å². The monoisotopic (exact) mass is 377 g/mol. The van der Waals surface area contributed by atoms with Gasteiger partial charge in [0.05, 0.1) is 20.3 Å². The zero-order valence-electron chi connectivity index (χ0n) is 17.1. The van der Waals surface area contributed by atoms with Gasteiger partial charge < -0.3 is 25.2 Å². The number of quaternary nitrogens is 1. The zero-order valence-corrected chi connectivity index (χ0v) is 17.1. The van der Waals surface area contributed by atoms with Crippen LogP contribution in [-0.2, 0) is 14.3 Å². The SMILES string of the molecule is C[C@H](C(=O)Nc1ccc(N2CCOCC2)cc1)[NH+](C)CC(=O)NC(C)(C)C. The molecule has 2 rings (SSSR count). The fourth-order valence-electron chi connectivity index (χ4n) is 2.92. The van der Waals surface area contributed by atoms with Crippen LogP contribution in [0.5, 0.6) is 0 Å². The van der Waals surface area contributed by atoms with Crippen LogP contribution in [0.3, 0.4) is 0 Å². The molecule has 0 aliphatic carbocycles. The Kier molecular flexibility index (Phi) is 7.21. The van der Waals surface area contributed by atoms with Gasteiger partial charge in [-0.05, 0) is 52.0 Å². The molecule has 0 bridgehead atoms. The molecule has 1 aromatic carbocycles. The van der Waals surface area contributed by atoms with Gasteiger partial charge in [-0.2, -0.15) is 0 Å². The summed E-state index contributed by atoms with van der Waals surface area (Å²) in [5.74, 6) is -0.162. The molecular formula is C20H33N4O3+. The number of nitrogens with one attached hydrogen (secondary N) is 3. The second-order valence-corrected chi connectivity index (χ2v) is 8.18. The van der Waals surface area contributed by atoms with Crippen molar-refractivity contribution in [3.05, 3.63) is 24.3 Å². The van der Waals surface area contributed by atoms with Crippen LogP contribution in [0.1, 0.15) is 27.7 Å². The summed E-state index contributed by atoms with van der Waals surface area (Å²) >= 11 is 0. The molecule has 2 atom stereocenters. The molecule has 1 heterocycles. The van der Waals surface area contributed by atoms with Gasteiger partial charge in [-0.1, -0.05) is 0 Å². The normalized spacial score (nSPS) is 17.1. The molecule has 0 spiro atoms. The van der Waals surface area contributed by atoms with Crippen molar-refractivity contribution in [1.82, 2.24) is 5.32 Å². The van der Waals surface area contributed by atoms with Crippen LogP contribution in [0, 0.1) is 0 Å². The minimum absolute atomic E-state index is 0.0606. The van der Waals surface area contributed by atoms with E-state index in [1.807, 2.05) is 59.0 Å². The highest BCUT2D eigenvalue weighted by Gasteiger charge is 2.25. The molecule has 1 fully saturated rings. The predicted molar refractivity (Wildman–Crippen MR) is 107 cm³/mol.